The number of ketones is 3. The number of nitrogens with zero attached hydrogens (tertiary/aromatic N) is 1. The van der Waals surface area contributed by atoms with Gasteiger partial charge in [-0.3, -0.25) is 19.2 Å². The number of benzene rings is 2. The van der Waals surface area contributed by atoms with Crippen LogP contribution < -0.4 is 5.32 Å². The lowest BCUT2D eigenvalue weighted by atomic mass is 9.71. The van der Waals surface area contributed by atoms with Gasteiger partial charge in [-0.1, -0.05) is 12.1 Å². The Bertz CT molecular complexity index is 1330. The molecular formula is C26H28N2O9. The molecule has 0 fully saturated rings. The molecule has 11 heteroatoms. The summed E-state index contributed by atoms with van der Waals surface area (Å²) in [5.74, 6) is -4.83. The van der Waals surface area contributed by atoms with Gasteiger partial charge < -0.3 is 35.4 Å². The number of rotatable bonds is 7. The molecule has 0 saturated carbocycles. The van der Waals surface area contributed by atoms with Gasteiger partial charge in [0, 0.05) is 55.6 Å². The Balaban J connectivity index is 1.88. The molecule has 0 aliphatic heterocycles. The molecule has 37 heavy (non-hydrogen) atoms. The number of hydrogen-bond donors (Lipinski definition) is 5. The van der Waals surface area contributed by atoms with Crippen molar-refractivity contribution in [2.24, 2.45) is 0 Å². The highest BCUT2D eigenvalue weighted by Crippen LogP contribution is 2.51. The molecule has 0 radical (unpaired) electrons. The average molecular weight is 513 g/mol. The zero-order valence-electron chi connectivity index (χ0n) is 20.6. The molecule has 0 amide bonds. The van der Waals surface area contributed by atoms with Crippen LogP contribution in [0.25, 0.3) is 0 Å². The molecule has 2 unspecified atom stereocenters. The Kier molecular flexibility index (Phi) is 6.80. The Morgan fingerprint density at radius 1 is 1.08 bits per heavy atom. The summed E-state index contributed by atoms with van der Waals surface area (Å²) >= 11 is 0. The van der Waals surface area contributed by atoms with Crippen molar-refractivity contribution >= 4 is 23.3 Å². The number of Topliss-reactive ketones (excluding diaryl/α,β-unsaturated/α-hetero) is 1. The largest absolute Gasteiger partial charge is 0.507 e. The molecule has 11 nitrogen and oxygen atoms in total. The van der Waals surface area contributed by atoms with Gasteiger partial charge in [0.15, 0.2) is 12.4 Å². The van der Waals surface area contributed by atoms with Gasteiger partial charge in [-0.05, 0) is 20.2 Å². The van der Waals surface area contributed by atoms with E-state index in [0.29, 0.717) is 13.1 Å². The predicted molar refractivity (Wildman–Crippen MR) is 129 cm³/mol. The van der Waals surface area contributed by atoms with E-state index in [9.17, 15) is 39.6 Å². The average Bonchev–Trinajstić information content (AvgIpc) is 2.82. The first kappa shape index (κ1) is 26.3. The maximum Gasteiger partial charge on any atom is 0.303 e. The number of carbonyl (C=O) groups is 4. The minimum Gasteiger partial charge on any atom is -0.507 e. The molecule has 5 N–H and O–H groups in total. The van der Waals surface area contributed by atoms with Crippen molar-refractivity contribution < 1.29 is 44.3 Å². The molecule has 0 bridgehead atoms. The van der Waals surface area contributed by atoms with Gasteiger partial charge in [0.2, 0.25) is 11.6 Å². The summed E-state index contributed by atoms with van der Waals surface area (Å²) in [7, 11) is 3.67. The number of nitrogens with one attached hydrogen (secondary N) is 1. The van der Waals surface area contributed by atoms with Crippen LogP contribution in [0.2, 0.25) is 0 Å². The van der Waals surface area contributed by atoms with E-state index >= 15 is 0 Å². The Morgan fingerprint density at radius 3 is 2.41 bits per heavy atom. The minimum absolute atomic E-state index is 0.0694. The van der Waals surface area contributed by atoms with Gasteiger partial charge in [-0.15, -0.1) is 0 Å². The van der Waals surface area contributed by atoms with Gasteiger partial charge in [0.1, 0.15) is 22.8 Å². The number of ether oxygens (including phenoxy) is 1. The lowest BCUT2D eigenvalue weighted by Crippen LogP contribution is -2.50. The molecule has 2 aliphatic carbocycles. The summed E-state index contributed by atoms with van der Waals surface area (Å²) in [6.45, 7) is 1.31. The number of aromatic hydroxyl groups is 3. The smallest absolute Gasteiger partial charge is 0.303 e. The fraction of sp³-hybridized carbons (Fsp3) is 0.385. The molecule has 2 aliphatic rings. The zero-order valence-corrected chi connectivity index (χ0v) is 20.6. The van der Waals surface area contributed by atoms with Gasteiger partial charge in [-0.25, -0.2) is 0 Å². The van der Waals surface area contributed by atoms with E-state index in [1.807, 2.05) is 19.0 Å². The van der Waals surface area contributed by atoms with Crippen molar-refractivity contribution in [3.05, 3.63) is 51.6 Å². The first-order valence-electron chi connectivity index (χ1n) is 11.7. The fourth-order valence-electron chi connectivity index (χ4n) is 4.97. The van der Waals surface area contributed by atoms with Gasteiger partial charge in [0.25, 0.3) is 0 Å². The van der Waals surface area contributed by atoms with E-state index < -0.39 is 76.4 Å². The number of likely N-dealkylation sites (N-methyl/N-ethyl adjacent to an activating group) is 1. The first-order valence-corrected chi connectivity index (χ1v) is 11.7. The summed E-state index contributed by atoms with van der Waals surface area (Å²) in [6, 6.07) is 3.01. The summed E-state index contributed by atoms with van der Waals surface area (Å²) in [5.41, 5.74) is -3.46. The highest BCUT2D eigenvalue weighted by Gasteiger charge is 2.48. The van der Waals surface area contributed by atoms with Crippen molar-refractivity contribution in [2.45, 2.75) is 31.4 Å². The van der Waals surface area contributed by atoms with Gasteiger partial charge in [-0.2, -0.15) is 0 Å². The lowest BCUT2D eigenvalue weighted by molar-refractivity contribution is -0.154. The topological polar surface area (TPSA) is 174 Å². The molecule has 2 aromatic rings. The van der Waals surface area contributed by atoms with Crippen LogP contribution >= 0.6 is 0 Å². The zero-order chi connectivity index (χ0) is 27.2. The number of phenols is 3. The van der Waals surface area contributed by atoms with Crippen molar-refractivity contribution in [2.75, 3.05) is 33.8 Å². The number of fused-ring (bicyclic) bond motifs is 3. The van der Waals surface area contributed by atoms with Crippen LogP contribution in [-0.2, 0) is 20.7 Å². The lowest BCUT2D eigenvalue weighted by Gasteiger charge is -2.39. The van der Waals surface area contributed by atoms with E-state index in [2.05, 4.69) is 5.32 Å². The summed E-state index contributed by atoms with van der Waals surface area (Å²) in [5, 5.41) is 47.3. The number of hydrogen-bond acceptors (Lipinski definition) is 11. The summed E-state index contributed by atoms with van der Waals surface area (Å²) < 4.78 is 4.77. The Labute approximate surface area is 212 Å². The molecule has 0 saturated heterocycles. The second-order valence-electron chi connectivity index (χ2n) is 9.62. The third kappa shape index (κ3) is 4.45. The first-order chi connectivity index (χ1) is 17.4. The predicted octanol–water partition coefficient (Wildman–Crippen LogP) is 0.581. The van der Waals surface area contributed by atoms with Crippen LogP contribution in [0.4, 0.5) is 0 Å². The van der Waals surface area contributed by atoms with Crippen LogP contribution in [0.15, 0.2) is 18.2 Å². The van der Waals surface area contributed by atoms with Crippen molar-refractivity contribution in [1.29, 1.82) is 0 Å². The standard InChI is InChI=1S/C26H28N2O9/c1-12(29)37-11-17(31)26(36)9-14-18(15(10-26)27-7-8-28(2)3)24(34)21-20(23(14)33)22(32)13-5-4-6-16(30)19(13)25(21)35/h4-6,15,27,30,33-34,36H,7-11H2,1-3H3. The molecule has 0 spiro atoms. The summed E-state index contributed by atoms with van der Waals surface area (Å²) in [4.78, 5) is 52.7. The monoisotopic (exact) mass is 512 g/mol. The highest BCUT2D eigenvalue weighted by atomic mass is 16.5. The maximum absolute atomic E-state index is 13.4. The molecule has 2 atom stereocenters. The van der Waals surface area contributed by atoms with Crippen LogP contribution in [0, 0.1) is 0 Å². The molecule has 0 aromatic heterocycles. The van der Waals surface area contributed by atoms with Crippen molar-refractivity contribution in [1.82, 2.24) is 10.2 Å². The number of esters is 1. The van der Waals surface area contributed by atoms with Crippen molar-refractivity contribution in [3.63, 3.8) is 0 Å². The number of phenolic OH excluding ortho intramolecular Hbond substituents is 3. The highest BCUT2D eigenvalue weighted by molar-refractivity contribution is 6.31. The van der Waals surface area contributed by atoms with Gasteiger partial charge in [0.05, 0.1) is 16.7 Å². The van der Waals surface area contributed by atoms with Crippen LogP contribution in [0.1, 0.15) is 62.4 Å². The quantitative estimate of drug-likeness (QED) is 0.221. The molecule has 0 heterocycles. The van der Waals surface area contributed by atoms with E-state index in [-0.39, 0.29) is 28.7 Å². The number of carbonyl (C=O) groups excluding carboxylic acids is 4. The van der Waals surface area contributed by atoms with Gasteiger partial charge >= 0.3 is 5.97 Å². The summed E-state index contributed by atoms with van der Waals surface area (Å²) in [6.07, 6.45) is -0.751. The SMILES string of the molecule is CC(=O)OCC(=O)C1(O)Cc2c(O)c3c(c(O)c2C(NCCN(C)C)C1)C(=O)c1c(O)cccc1C3=O. The Morgan fingerprint density at radius 2 is 1.76 bits per heavy atom. The molecule has 4 rings (SSSR count). The van der Waals surface area contributed by atoms with Crippen LogP contribution in [0.5, 0.6) is 17.2 Å². The van der Waals surface area contributed by atoms with Crippen LogP contribution in [-0.4, -0.2) is 88.0 Å². The second kappa shape index (κ2) is 9.58. The molecule has 2 aromatic carbocycles. The van der Waals surface area contributed by atoms with E-state index in [1.165, 1.54) is 18.2 Å². The van der Waals surface area contributed by atoms with Crippen molar-refractivity contribution in [3.8, 4) is 17.2 Å². The second-order valence-corrected chi connectivity index (χ2v) is 9.62. The van der Waals surface area contributed by atoms with Crippen LogP contribution in [0.3, 0.4) is 0 Å². The minimum atomic E-state index is -2.10. The Hall–Kier alpha value is -3.80. The number of aliphatic hydroxyl groups is 1. The molecule has 196 valence electrons. The normalized spacial score (nSPS) is 20.3. The third-order valence-corrected chi connectivity index (χ3v) is 6.79. The fourth-order valence-corrected chi connectivity index (χ4v) is 4.97. The van der Waals surface area contributed by atoms with E-state index in [0.717, 1.165) is 6.92 Å². The van der Waals surface area contributed by atoms with E-state index in [4.69, 9.17) is 4.74 Å². The maximum atomic E-state index is 13.4. The van der Waals surface area contributed by atoms with E-state index in [1.54, 1.807) is 0 Å². The third-order valence-electron chi connectivity index (χ3n) is 6.79. The molecular weight excluding hydrogens is 484 g/mol.